The van der Waals surface area contributed by atoms with Crippen LogP contribution in [0.4, 0.5) is 0 Å². The molecule has 10 heavy (non-hydrogen) atoms. The van der Waals surface area contributed by atoms with Crippen molar-refractivity contribution in [3.63, 3.8) is 0 Å². The van der Waals surface area contributed by atoms with Gasteiger partial charge in [-0.2, -0.15) is 0 Å². The Labute approximate surface area is 71.6 Å². The Bertz CT molecular complexity index is 193. The summed E-state index contributed by atoms with van der Waals surface area (Å²) < 4.78 is 2.04. The van der Waals surface area contributed by atoms with Gasteiger partial charge in [-0.05, 0) is 30.6 Å². The number of carbonyl (C=O) groups is 1. The van der Waals surface area contributed by atoms with E-state index in [0.717, 1.165) is 13.1 Å². The molecule has 0 radical (unpaired) electrons. The van der Waals surface area contributed by atoms with Crippen LogP contribution in [0.1, 0.15) is 12.8 Å². The summed E-state index contributed by atoms with van der Waals surface area (Å²) in [5, 5.41) is 0. The van der Waals surface area contributed by atoms with Crippen LogP contribution in [0.3, 0.4) is 0 Å². The number of nitrogens with zero attached hydrogens (tertiary/aromatic N) is 1. The van der Waals surface area contributed by atoms with E-state index in [1.807, 2.05) is 4.31 Å². The molecule has 0 spiro atoms. The van der Waals surface area contributed by atoms with E-state index in [1.54, 1.807) is 0 Å². The number of hydrogen-bond acceptors (Lipinski definition) is 3. The van der Waals surface area contributed by atoms with Gasteiger partial charge in [0.2, 0.25) is 0 Å². The minimum Gasteiger partial charge on any atom is -0.300 e. The second kappa shape index (κ2) is 3.71. The van der Waals surface area contributed by atoms with Crippen molar-refractivity contribution in [2.24, 2.45) is 0 Å². The summed E-state index contributed by atoms with van der Waals surface area (Å²) >= 11 is 9.86. The van der Waals surface area contributed by atoms with Crippen molar-refractivity contribution < 1.29 is 4.79 Å². The summed E-state index contributed by atoms with van der Waals surface area (Å²) in [6.45, 7) is 1.58. The second-order valence-corrected chi connectivity index (χ2v) is 6.04. The van der Waals surface area contributed by atoms with Gasteiger partial charge in [0.1, 0.15) is 5.78 Å². The Kier molecular flexibility index (Phi) is 3.16. The molecule has 0 bridgehead atoms. The first kappa shape index (κ1) is 8.52. The van der Waals surface area contributed by atoms with Gasteiger partial charge in [0, 0.05) is 25.9 Å². The van der Waals surface area contributed by atoms with E-state index in [0.29, 0.717) is 18.6 Å². The highest BCUT2D eigenvalue weighted by Crippen LogP contribution is 2.04. The number of rotatable bonds is 1. The molecule has 0 amide bonds. The fourth-order valence-corrected chi connectivity index (χ4v) is 2.41. The lowest BCUT2D eigenvalue weighted by Gasteiger charge is -2.21. The molecule has 1 aliphatic rings. The fourth-order valence-electron chi connectivity index (χ4n) is 0.908. The molecule has 0 unspecified atom stereocenters. The topological polar surface area (TPSA) is 20.3 Å². The molecule has 0 aromatic heterocycles. The Morgan fingerprint density at radius 1 is 1.30 bits per heavy atom. The highest BCUT2D eigenvalue weighted by molar-refractivity contribution is 8.45. The highest BCUT2D eigenvalue weighted by atomic mass is 33.1. The first-order chi connectivity index (χ1) is 4.70. The lowest BCUT2D eigenvalue weighted by Crippen LogP contribution is -2.31. The molecule has 58 valence electrons. The van der Waals surface area contributed by atoms with Gasteiger partial charge in [0.15, 0.2) is 0 Å². The van der Waals surface area contributed by atoms with Gasteiger partial charge in [-0.25, -0.2) is 4.31 Å². The highest BCUT2D eigenvalue weighted by Gasteiger charge is 2.14. The van der Waals surface area contributed by atoms with Gasteiger partial charge in [-0.3, -0.25) is 4.79 Å². The van der Waals surface area contributed by atoms with Crippen molar-refractivity contribution in [3.8, 4) is 0 Å². The van der Waals surface area contributed by atoms with Crippen LogP contribution in [0, 0.1) is 0 Å². The van der Waals surface area contributed by atoms with E-state index in [-0.39, 0.29) is 0 Å². The molecule has 2 nitrogen and oxygen atoms in total. The summed E-state index contributed by atoms with van der Waals surface area (Å²) in [5.41, 5.74) is 0. The third-order valence-electron chi connectivity index (χ3n) is 1.53. The predicted molar refractivity (Wildman–Crippen MR) is 49.3 cm³/mol. The van der Waals surface area contributed by atoms with Crippen molar-refractivity contribution in [2.75, 3.05) is 13.1 Å². The molecule has 0 aliphatic carbocycles. The second-order valence-electron chi connectivity index (χ2n) is 2.23. The largest absolute Gasteiger partial charge is 0.300 e. The van der Waals surface area contributed by atoms with Crippen molar-refractivity contribution in [1.29, 1.82) is 0 Å². The Morgan fingerprint density at radius 2 is 1.80 bits per heavy atom. The van der Waals surface area contributed by atoms with Gasteiger partial charge in [-0.1, -0.05) is 0 Å². The molecule has 1 aliphatic heterocycles. The minimum absolute atomic E-state index is 0.345. The number of carbonyl (C=O) groups excluding carboxylic acids is 1. The van der Waals surface area contributed by atoms with Crippen molar-refractivity contribution in [1.82, 2.24) is 4.31 Å². The number of piperidine rings is 1. The Balaban J connectivity index is 2.47. The summed E-state index contributed by atoms with van der Waals surface area (Å²) in [6.07, 6.45) is 1.29. The predicted octanol–water partition coefficient (Wildman–Crippen LogP) is -0.159. The Morgan fingerprint density at radius 3 is 2.20 bits per heavy atom. The fraction of sp³-hybridized carbons (Fsp3) is 0.800. The van der Waals surface area contributed by atoms with E-state index in [1.165, 1.54) is 0 Å². The van der Waals surface area contributed by atoms with Gasteiger partial charge in [0.25, 0.3) is 0 Å². The number of thiol groups is 1. The van der Waals surface area contributed by atoms with Crippen LogP contribution in [0.25, 0.3) is 0 Å². The van der Waals surface area contributed by atoms with Crippen LogP contribution in [0.2, 0.25) is 0 Å². The maximum atomic E-state index is 10.7. The van der Waals surface area contributed by atoms with E-state index >= 15 is 0 Å². The quantitative estimate of drug-likeness (QED) is 0.587. The van der Waals surface area contributed by atoms with E-state index in [2.05, 4.69) is 0 Å². The van der Waals surface area contributed by atoms with Gasteiger partial charge in [-0.15, -0.1) is 0 Å². The molecular weight excluding hydrogens is 186 g/mol. The van der Waals surface area contributed by atoms with Crippen LogP contribution >= 0.6 is 0 Å². The molecule has 1 fully saturated rings. The Hall–Kier alpha value is 0.420. The first-order valence-electron chi connectivity index (χ1n) is 3.11. The van der Waals surface area contributed by atoms with Crippen LogP contribution in [0.15, 0.2) is 0 Å². The molecule has 1 heterocycles. The van der Waals surface area contributed by atoms with Crippen LogP contribution in [0.5, 0.6) is 0 Å². The van der Waals surface area contributed by atoms with E-state index in [4.69, 9.17) is 22.4 Å². The average Bonchev–Trinajstić information content (AvgIpc) is 1.88. The SMILES string of the molecule is O=C1CCN([SH](=S)=S)CC1. The number of hydrogen-bond donors (Lipinski definition) is 1. The first-order valence-corrected chi connectivity index (χ1v) is 6.43. The standard InChI is InChI=1S/C5H9NOS3/c7-5-1-3-6(4-2-5)10(8)9/h10H,1-4H2. The molecule has 0 aromatic rings. The zero-order valence-electron chi connectivity index (χ0n) is 5.45. The molecule has 1 saturated heterocycles. The van der Waals surface area contributed by atoms with Gasteiger partial charge in [0.05, 0.1) is 0 Å². The van der Waals surface area contributed by atoms with Crippen LogP contribution < -0.4 is 0 Å². The molecule has 0 aromatic carbocycles. The smallest absolute Gasteiger partial charge is 0.135 e. The van der Waals surface area contributed by atoms with Crippen molar-refractivity contribution in [3.05, 3.63) is 0 Å². The van der Waals surface area contributed by atoms with Crippen molar-refractivity contribution in [2.45, 2.75) is 12.8 Å². The lowest BCUT2D eigenvalue weighted by atomic mass is 10.1. The summed E-state index contributed by atoms with van der Waals surface area (Å²) in [7, 11) is -0.790. The zero-order chi connectivity index (χ0) is 7.56. The molecule has 0 N–H and O–H groups in total. The van der Waals surface area contributed by atoms with E-state index < -0.39 is 8.20 Å². The third kappa shape index (κ3) is 2.23. The molecule has 0 atom stereocenters. The monoisotopic (exact) mass is 195 g/mol. The summed E-state index contributed by atoms with van der Waals surface area (Å²) in [4.78, 5) is 10.7. The maximum Gasteiger partial charge on any atom is 0.135 e. The van der Waals surface area contributed by atoms with Crippen LogP contribution in [-0.4, -0.2) is 23.2 Å². The molecule has 5 heteroatoms. The summed E-state index contributed by atoms with van der Waals surface area (Å²) in [5.74, 6) is 0.345. The summed E-state index contributed by atoms with van der Waals surface area (Å²) in [6, 6.07) is 0. The van der Waals surface area contributed by atoms with E-state index in [9.17, 15) is 4.79 Å². The minimum atomic E-state index is -0.790. The van der Waals surface area contributed by atoms with Crippen molar-refractivity contribution >= 4 is 36.4 Å². The zero-order valence-corrected chi connectivity index (χ0v) is 7.98. The molecule has 0 saturated carbocycles. The average molecular weight is 195 g/mol. The third-order valence-corrected chi connectivity index (χ3v) is 3.78. The van der Waals surface area contributed by atoms with Crippen LogP contribution in [-0.2, 0) is 35.4 Å². The van der Waals surface area contributed by atoms with Gasteiger partial charge >= 0.3 is 0 Å². The normalized spacial score (nSPS) is 21.9. The van der Waals surface area contributed by atoms with Gasteiger partial charge < -0.3 is 0 Å². The molecule has 1 rings (SSSR count). The number of ketones is 1. The number of Topliss-reactive ketones (excluding diaryl/α,β-unsaturated/α-hetero) is 1. The maximum absolute atomic E-state index is 10.7. The lowest BCUT2D eigenvalue weighted by molar-refractivity contribution is -0.120. The molecular formula is C5H9NOS3.